The molecule has 4 N–H and O–H groups in total. The predicted octanol–water partition coefficient (Wildman–Crippen LogP) is 2.33. The van der Waals surface area contributed by atoms with Gasteiger partial charge in [0, 0.05) is 25.7 Å². The molecule has 2 atom stereocenters. The predicted molar refractivity (Wildman–Crippen MR) is 126 cm³/mol. The van der Waals surface area contributed by atoms with E-state index in [0.717, 1.165) is 6.42 Å². The van der Waals surface area contributed by atoms with E-state index in [1.807, 2.05) is 5.32 Å². The minimum absolute atomic E-state index is 0.0179. The number of hydrogen-bond donors (Lipinski definition) is 3. The van der Waals surface area contributed by atoms with Crippen LogP contribution in [0.25, 0.3) is 5.65 Å². The number of methoxy groups -OCH3 is 1. The monoisotopic (exact) mass is 574 g/mol. The first-order valence-electron chi connectivity index (χ1n) is 12.3. The Balaban J connectivity index is 0.000000398. The number of aromatic nitrogens is 5. The molecule has 17 heteroatoms. The van der Waals surface area contributed by atoms with E-state index < -0.39 is 41.9 Å². The zero-order chi connectivity index (χ0) is 29.1. The van der Waals surface area contributed by atoms with Gasteiger partial charge in [-0.2, -0.15) is 18.3 Å². The van der Waals surface area contributed by atoms with Gasteiger partial charge in [-0.3, -0.25) is 9.59 Å². The van der Waals surface area contributed by atoms with Gasteiger partial charge in [0.05, 0.1) is 31.7 Å². The summed E-state index contributed by atoms with van der Waals surface area (Å²) in [6.45, 7) is 0.0179. The summed E-state index contributed by atoms with van der Waals surface area (Å²) >= 11 is 0. The van der Waals surface area contributed by atoms with Gasteiger partial charge in [-0.15, -0.1) is 0 Å². The normalized spacial score (nSPS) is 22.4. The molecule has 2 amide bonds. The number of ether oxygens (including phenoxy) is 1. The van der Waals surface area contributed by atoms with Crippen molar-refractivity contribution in [1.82, 2.24) is 35.5 Å². The Kier molecular flexibility index (Phi) is 8.23. The highest BCUT2D eigenvalue weighted by Gasteiger charge is 2.53. The van der Waals surface area contributed by atoms with Crippen LogP contribution in [-0.4, -0.2) is 67.5 Å². The second-order valence-electron chi connectivity index (χ2n) is 9.72. The molecule has 1 saturated carbocycles. The molecule has 2 aliphatic rings. The van der Waals surface area contributed by atoms with Crippen molar-refractivity contribution in [2.45, 2.75) is 75.2 Å². The van der Waals surface area contributed by atoms with Crippen LogP contribution >= 0.6 is 0 Å². The SMILES string of the molecule is COc1nonc1C(=O)NCc1cn2ncc(CC3(N)CC(C(F)(F)F)NC3=O)cc2n1.FC1(F)CCCCC1. The van der Waals surface area contributed by atoms with Crippen molar-refractivity contribution in [1.29, 1.82) is 0 Å². The van der Waals surface area contributed by atoms with E-state index in [0.29, 0.717) is 29.7 Å². The lowest BCUT2D eigenvalue weighted by Crippen LogP contribution is -2.48. The maximum absolute atomic E-state index is 12.9. The van der Waals surface area contributed by atoms with Gasteiger partial charge < -0.3 is 21.1 Å². The molecule has 12 nitrogen and oxygen atoms in total. The number of nitrogens with zero attached hydrogens (tertiary/aromatic N) is 5. The molecule has 40 heavy (non-hydrogen) atoms. The van der Waals surface area contributed by atoms with Crippen LogP contribution in [0.15, 0.2) is 23.1 Å². The lowest BCUT2D eigenvalue weighted by atomic mass is 9.89. The molecule has 1 aliphatic heterocycles. The summed E-state index contributed by atoms with van der Waals surface area (Å²) in [6.07, 6.45) is 0.312. The number of rotatable bonds is 6. The number of nitrogens with one attached hydrogen (secondary N) is 2. The molecular weight excluding hydrogens is 547 g/mol. The Morgan fingerprint density at radius 2 is 2.00 bits per heavy atom. The highest BCUT2D eigenvalue weighted by molar-refractivity contribution is 5.94. The molecule has 3 aromatic heterocycles. The topological polar surface area (TPSA) is 163 Å². The molecule has 218 valence electrons. The number of nitrogens with two attached hydrogens (primary N) is 1. The molecule has 0 bridgehead atoms. The zero-order valence-corrected chi connectivity index (χ0v) is 21.3. The fourth-order valence-corrected chi connectivity index (χ4v) is 4.45. The van der Waals surface area contributed by atoms with Crippen LogP contribution in [0.4, 0.5) is 22.0 Å². The van der Waals surface area contributed by atoms with E-state index in [1.54, 1.807) is 12.3 Å². The van der Waals surface area contributed by atoms with Crippen molar-refractivity contribution in [3.05, 3.63) is 35.4 Å². The molecule has 5 rings (SSSR count). The highest BCUT2D eigenvalue weighted by Crippen LogP contribution is 2.33. The van der Waals surface area contributed by atoms with Gasteiger partial charge >= 0.3 is 6.18 Å². The van der Waals surface area contributed by atoms with Crippen molar-refractivity contribution in [3.63, 3.8) is 0 Å². The molecule has 0 aromatic carbocycles. The molecule has 1 aliphatic carbocycles. The van der Waals surface area contributed by atoms with Crippen molar-refractivity contribution in [3.8, 4) is 5.88 Å². The number of alkyl halides is 5. The largest absolute Gasteiger partial charge is 0.477 e. The highest BCUT2D eigenvalue weighted by atomic mass is 19.4. The summed E-state index contributed by atoms with van der Waals surface area (Å²) < 4.78 is 74.0. The average molecular weight is 575 g/mol. The number of fused-ring (bicyclic) bond motifs is 1. The minimum Gasteiger partial charge on any atom is -0.477 e. The smallest absolute Gasteiger partial charge is 0.408 e. The van der Waals surface area contributed by atoms with Crippen LogP contribution in [0.2, 0.25) is 0 Å². The second kappa shape index (κ2) is 11.3. The van der Waals surface area contributed by atoms with E-state index in [9.17, 15) is 31.5 Å². The van der Waals surface area contributed by atoms with Gasteiger partial charge in [-0.05, 0) is 34.8 Å². The maximum atomic E-state index is 12.9. The van der Waals surface area contributed by atoms with Crippen molar-refractivity contribution in [2.75, 3.05) is 7.11 Å². The molecule has 4 heterocycles. The van der Waals surface area contributed by atoms with Gasteiger partial charge in [-0.1, -0.05) is 6.42 Å². The molecule has 0 spiro atoms. The fraction of sp³-hybridized carbons (Fsp3) is 0.565. The first-order valence-corrected chi connectivity index (χ1v) is 12.3. The average Bonchev–Trinajstić information content (AvgIpc) is 3.59. The number of halogens is 5. The number of amides is 2. The number of hydrogen-bond acceptors (Lipinski definition) is 9. The third-order valence-corrected chi connectivity index (χ3v) is 6.55. The zero-order valence-electron chi connectivity index (χ0n) is 21.3. The van der Waals surface area contributed by atoms with E-state index in [-0.39, 0.29) is 37.4 Å². The lowest BCUT2D eigenvalue weighted by Gasteiger charge is -2.21. The Labute approximate surface area is 223 Å². The molecule has 3 aromatic rings. The van der Waals surface area contributed by atoms with Gasteiger partial charge in [0.15, 0.2) is 5.65 Å². The van der Waals surface area contributed by atoms with Crippen molar-refractivity contribution in [2.24, 2.45) is 5.73 Å². The van der Waals surface area contributed by atoms with Crippen molar-refractivity contribution >= 4 is 17.5 Å². The number of carbonyl (C=O) groups excluding carboxylic acids is 2. The summed E-state index contributed by atoms with van der Waals surface area (Å²) in [5.74, 6) is -3.85. The molecule has 2 unspecified atom stereocenters. The standard InChI is InChI=1S/C17H17F3N8O4.C6H10F2/c1-31-14-12(26-32-27-14)13(29)22-6-9-7-28-11(24-9)2-8(5-23-28)3-16(21)4-10(17(18,19)20)25-15(16)30;7-6(8)4-2-1-3-5-6/h2,5,7,10H,3-4,6,21H2,1H3,(H,22,29)(H,25,30);1-5H2. The van der Waals surface area contributed by atoms with E-state index in [4.69, 9.17) is 10.5 Å². The number of imidazole rings is 1. The Morgan fingerprint density at radius 3 is 2.60 bits per heavy atom. The Bertz CT molecular complexity index is 1350. The Morgan fingerprint density at radius 1 is 1.27 bits per heavy atom. The summed E-state index contributed by atoms with van der Waals surface area (Å²) in [7, 11) is 1.31. The first-order chi connectivity index (χ1) is 18.8. The van der Waals surface area contributed by atoms with Gasteiger partial charge in [-0.25, -0.2) is 22.9 Å². The maximum Gasteiger partial charge on any atom is 0.408 e. The third-order valence-electron chi connectivity index (χ3n) is 6.55. The van der Waals surface area contributed by atoms with Crippen LogP contribution in [0, 0.1) is 0 Å². The minimum atomic E-state index is -4.58. The first kappa shape index (κ1) is 29.1. The van der Waals surface area contributed by atoms with Crippen molar-refractivity contribution < 1.29 is 40.9 Å². The van der Waals surface area contributed by atoms with Gasteiger partial charge in [0.2, 0.25) is 17.5 Å². The van der Waals surface area contributed by atoms with E-state index in [1.165, 1.54) is 17.8 Å². The quantitative estimate of drug-likeness (QED) is 0.375. The van der Waals surface area contributed by atoms with Crippen LogP contribution in [0.5, 0.6) is 5.88 Å². The summed E-state index contributed by atoms with van der Waals surface area (Å²) in [6, 6.07) is -0.428. The van der Waals surface area contributed by atoms with Gasteiger partial charge in [0.25, 0.3) is 11.8 Å². The number of carbonyl (C=O) groups is 2. The summed E-state index contributed by atoms with van der Waals surface area (Å²) in [4.78, 5) is 28.5. The van der Waals surface area contributed by atoms with Crippen LogP contribution in [-0.2, 0) is 17.8 Å². The molecule has 2 fully saturated rings. The molecular formula is C23H27F5N8O4. The van der Waals surface area contributed by atoms with Gasteiger partial charge in [0.1, 0.15) is 11.6 Å². The van der Waals surface area contributed by atoms with E-state index in [2.05, 4.69) is 30.3 Å². The van der Waals surface area contributed by atoms with Crippen LogP contribution in [0.3, 0.4) is 0 Å². The molecule has 1 saturated heterocycles. The third kappa shape index (κ3) is 6.81. The van der Waals surface area contributed by atoms with Crippen LogP contribution < -0.4 is 21.1 Å². The van der Waals surface area contributed by atoms with Crippen LogP contribution in [0.1, 0.15) is 60.3 Å². The van der Waals surface area contributed by atoms with E-state index >= 15 is 0 Å². The summed E-state index contributed by atoms with van der Waals surface area (Å²) in [5.41, 5.74) is 5.38. The Hall–Kier alpha value is -3.89. The summed E-state index contributed by atoms with van der Waals surface area (Å²) in [5, 5.41) is 15.5. The molecule has 0 radical (unpaired) electrons. The lowest BCUT2D eigenvalue weighted by molar-refractivity contribution is -0.155. The second-order valence-corrected chi connectivity index (χ2v) is 9.72. The fourth-order valence-electron chi connectivity index (χ4n) is 4.45.